The lowest BCUT2D eigenvalue weighted by molar-refractivity contribution is 0.416. The summed E-state index contributed by atoms with van der Waals surface area (Å²) in [6.07, 6.45) is 1.81. The molecule has 2 rings (SSSR count). The predicted octanol–water partition coefficient (Wildman–Crippen LogP) is 2.98. The smallest absolute Gasteiger partial charge is 0.233 e. The Labute approximate surface area is 112 Å². The lowest BCUT2D eigenvalue weighted by atomic mass is 10.1. The number of rotatable bonds is 4. The number of nitriles is 1. The van der Waals surface area contributed by atoms with Crippen LogP contribution in [0.5, 0.6) is 5.75 Å². The highest BCUT2D eigenvalue weighted by Crippen LogP contribution is 2.28. The Morgan fingerprint density at radius 2 is 2.05 bits per heavy atom. The van der Waals surface area contributed by atoms with Crippen LogP contribution in [0.2, 0.25) is 0 Å². The SMILES string of the molecule is CCCc1cc(-c2ccccc2OC)nc(C#N)n1. The van der Waals surface area contributed by atoms with Gasteiger partial charge in [-0.1, -0.05) is 25.5 Å². The van der Waals surface area contributed by atoms with E-state index in [0.717, 1.165) is 35.5 Å². The van der Waals surface area contributed by atoms with Crippen molar-refractivity contribution in [1.29, 1.82) is 5.26 Å². The summed E-state index contributed by atoms with van der Waals surface area (Å²) < 4.78 is 5.33. The van der Waals surface area contributed by atoms with Crippen molar-refractivity contribution in [2.75, 3.05) is 7.11 Å². The summed E-state index contributed by atoms with van der Waals surface area (Å²) in [5.74, 6) is 0.944. The van der Waals surface area contributed by atoms with Crippen LogP contribution >= 0.6 is 0 Å². The molecule has 1 aromatic carbocycles. The van der Waals surface area contributed by atoms with Crippen molar-refractivity contribution in [2.45, 2.75) is 19.8 Å². The van der Waals surface area contributed by atoms with Gasteiger partial charge in [0.2, 0.25) is 5.82 Å². The summed E-state index contributed by atoms with van der Waals surface area (Å²) in [5.41, 5.74) is 2.49. The molecule has 4 heteroatoms. The Kier molecular flexibility index (Phi) is 4.09. The third kappa shape index (κ3) is 2.89. The molecule has 1 heterocycles. The Balaban J connectivity index is 2.55. The Bertz CT molecular complexity index is 617. The molecule has 0 saturated carbocycles. The van der Waals surface area contributed by atoms with E-state index in [-0.39, 0.29) is 5.82 Å². The van der Waals surface area contributed by atoms with E-state index >= 15 is 0 Å². The van der Waals surface area contributed by atoms with Crippen LogP contribution in [0.1, 0.15) is 24.9 Å². The second-order valence-corrected chi connectivity index (χ2v) is 4.13. The molecule has 0 atom stereocenters. The molecule has 4 nitrogen and oxygen atoms in total. The van der Waals surface area contributed by atoms with E-state index in [2.05, 4.69) is 16.9 Å². The molecular weight excluding hydrogens is 238 g/mol. The number of aromatic nitrogens is 2. The van der Waals surface area contributed by atoms with Gasteiger partial charge in [-0.2, -0.15) is 5.26 Å². The molecule has 2 aromatic rings. The van der Waals surface area contributed by atoms with E-state index in [4.69, 9.17) is 10.00 Å². The summed E-state index contributed by atoms with van der Waals surface area (Å²) >= 11 is 0. The lowest BCUT2D eigenvalue weighted by Gasteiger charge is -2.09. The summed E-state index contributed by atoms with van der Waals surface area (Å²) in [6, 6.07) is 11.6. The van der Waals surface area contributed by atoms with Crippen LogP contribution in [0.3, 0.4) is 0 Å². The first-order chi connectivity index (χ1) is 9.28. The number of aryl methyl sites for hydroxylation is 1. The van der Waals surface area contributed by atoms with Gasteiger partial charge in [-0.05, 0) is 24.6 Å². The van der Waals surface area contributed by atoms with Gasteiger partial charge in [0.05, 0.1) is 12.8 Å². The molecular formula is C15H15N3O. The zero-order valence-corrected chi connectivity index (χ0v) is 11.1. The third-order valence-corrected chi connectivity index (χ3v) is 2.77. The summed E-state index contributed by atoms with van der Waals surface area (Å²) in [5, 5.41) is 9.02. The molecule has 0 spiro atoms. The molecule has 0 aliphatic rings. The van der Waals surface area contributed by atoms with Crippen LogP contribution < -0.4 is 4.74 Å². The van der Waals surface area contributed by atoms with Gasteiger partial charge in [0.25, 0.3) is 0 Å². The average Bonchev–Trinajstić information content (AvgIpc) is 2.47. The highest BCUT2D eigenvalue weighted by Gasteiger charge is 2.10. The summed E-state index contributed by atoms with van der Waals surface area (Å²) in [7, 11) is 1.62. The maximum Gasteiger partial charge on any atom is 0.233 e. The first-order valence-electron chi connectivity index (χ1n) is 6.20. The minimum atomic E-state index is 0.201. The van der Waals surface area contributed by atoms with E-state index in [9.17, 15) is 0 Å². The fourth-order valence-electron chi connectivity index (χ4n) is 1.93. The molecule has 0 bridgehead atoms. The average molecular weight is 253 g/mol. The van der Waals surface area contributed by atoms with Gasteiger partial charge in [0.15, 0.2) is 0 Å². The minimum Gasteiger partial charge on any atom is -0.496 e. The van der Waals surface area contributed by atoms with Crippen LogP contribution in [-0.4, -0.2) is 17.1 Å². The van der Waals surface area contributed by atoms with Crippen LogP contribution in [0.4, 0.5) is 0 Å². The minimum absolute atomic E-state index is 0.201. The van der Waals surface area contributed by atoms with E-state index in [0.29, 0.717) is 0 Å². The fourth-order valence-corrected chi connectivity index (χ4v) is 1.93. The van der Waals surface area contributed by atoms with E-state index < -0.39 is 0 Å². The van der Waals surface area contributed by atoms with E-state index in [1.165, 1.54) is 0 Å². The standard InChI is InChI=1S/C15H15N3O/c1-3-6-11-9-13(18-15(10-16)17-11)12-7-4-5-8-14(12)19-2/h4-5,7-9H,3,6H2,1-2H3. The zero-order valence-electron chi connectivity index (χ0n) is 11.1. The van der Waals surface area contributed by atoms with Crippen molar-refractivity contribution in [3.8, 4) is 23.1 Å². The molecule has 0 N–H and O–H groups in total. The molecule has 0 unspecified atom stereocenters. The molecule has 0 saturated heterocycles. The first kappa shape index (κ1) is 13.0. The zero-order chi connectivity index (χ0) is 13.7. The van der Waals surface area contributed by atoms with Gasteiger partial charge < -0.3 is 4.74 Å². The van der Waals surface area contributed by atoms with Crippen molar-refractivity contribution in [3.05, 3.63) is 41.9 Å². The predicted molar refractivity (Wildman–Crippen MR) is 72.7 cm³/mol. The van der Waals surface area contributed by atoms with E-state index in [1.807, 2.05) is 36.4 Å². The molecule has 1 aromatic heterocycles. The van der Waals surface area contributed by atoms with Crippen LogP contribution in [0.25, 0.3) is 11.3 Å². The van der Waals surface area contributed by atoms with E-state index in [1.54, 1.807) is 7.11 Å². The van der Waals surface area contributed by atoms with Gasteiger partial charge in [-0.15, -0.1) is 0 Å². The molecule has 0 aliphatic carbocycles. The number of hydrogen-bond donors (Lipinski definition) is 0. The highest BCUT2D eigenvalue weighted by atomic mass is 16.5. The number of nitrogens with zero attached hydrogens (tertiary/aromatic N) is 3. The number of benzene rings is 1. The Morgan fingerprint density at radius 3 is 2.74 bits per heavy atom. The second-order valence-electron chi connectivity index (χ2n) is 4.13. The van der Waals surface area contributed by atoms with Gasteiger partial charge in [0.1, 0.15) is 11.8 Å². The fraction of sp³-hybridized carbons (Fsp3) is 0.267. The van der Waals surface area contributed by atoms with Crippen molar-refractivity contribution in [2.24, 2.45) is 0 Å². The monoisotopic (exact) mass is 253 g/mol. The molecule has 0 fully saturated rings. The molecule has 0 radical (unpaired) electrons. The Hall–Kier alpha value is -2.41. The van der Waals surface area contributed by atoms with Crippen molar-refractivity contribution in [1.82, 2.24) is 9.97 Å². The second kappa shape index (κ2) is 5.96. The van der Waals surface area contributed by atoms with Gasteiger partial charge in [0, 0.05) is 11.3 Å². The summed E-state index contributed by atoms with van der Waals surface area (Å²) in [4.78, 5) is 8.47. The van der Waals surface area contributed by atoms with Crippen LogP contribution in [-0.2, 0) is 6.42 Å². The van der Waals surface area contributed by atoms with Crippen molar-refractivity contribution in [3.63, 3.8) is 0 Å². The number of methoxy groups -OCH3 is 1. The topological polar surface area (TPSA) is 58.8 Å². The van der Waals surface area contributed by atoms with Gasteiger partial charge in [-0.3, -0.25) is 0 Å². The Morgan fingerprint density at radius 1 is 1.26 bits per heavy atom. The molecule has 19 heavy (non-hydrogen) atoms. The summed E-state index contributed by atoms with van der Waals surface area (Å²) in [6.45, 7) is 2.08. The van der Waals surface area contributed by atoms with Crippen molar-refractivity contribution < 1.29 is 4.74 Å². The number of hydrogen-bond acceptors (Lipinski definition) is 4. The normalized spacial score (nSPS) is 9.95. The lowest BCUT2D eigenvalue weighted by Crippen LogP contribution is -1.99. The van der Waals surface area contributed by atoms with Crippen LogP contribution in [0.15, 0.2) is 30.3 Å². The number of para-hydroxylation sites is 1. The maximum absolute atomic E-state index is 9.02. The number of ether oxygens (including phenoxy) is 1. The maximum atomic E-state index is 9.02. The van der Waals surface area contributed by atoms with Crippen molar-refractivity contribution >= 4 is 0 Å². The highest BCUT2D eigenvalue weighted by molar-refractivity contribution is 5.67. The third-order valence-electron chi connectivity index (χ3n) is 2.77. The van der Waals surface area contributed by atoms with Gasteiger partial charge >= 0.3 is 0 Å². The van der Waals surface area contributed by atoms with Gasteiger partial charge in [-0.25, -0.2) is 9.97 Å². The molecule has 96 valence electrons. The first-order valence-corrected chi connectivity index (χ1v) is 6.20. The largest absolute Gasteiger partial charge is 0.496 e. The molecule has 0 aliphatic heterocycles. The van der Waals surface area contributed by atoms with Crippen LogP contribution in [0, 0.1) is 11.3 Å². The quantitative estimate of drug-likeness (QED) is 0.840. The molecule has 0 amide bonds.